The van der Waals surface area contributed by atoms with Crippen LogP contribution in [0.1, 0.15) is 13.3 Å². The molecule has 96 valence electrons. The summed E-state index contributed by atoms with van der Waals surface area (Å²) in [6.45, 7) is 5.24. The Morgan fingerprint density at radius 1 is 1.56 bits per heavy atom. The van der Waals surface area contributed by atoms with Crippen molar-refractivity contribution in [3.63, 3.8) is 0 Å². The van der Waals surface area contributed by atoms with Crippen LogP contribution in [0.25, 0.3) is 5.65 Å². The van der Waals surface area contributed by atoms with E-state index in [9.17, 15) is 0 Å². The van der Waals surface area contributed by atoms with Crippen molar-refractivity contribution in [2.45, 2.75) is 19.4 Å². The molecule has 0 bridgehead atoms. The summed E-state index contributed by atoms with van der Waals surface area (Å²) in [6.07, 6.45) is 3.03. The second kappa shape index (κ2) is 4.85. The molecular formula is C12H16BrN5. The highest BCUT2D eigenvalue weighted by Gasteiger charge is 2.27. The van der Waals surface area contributed by atoms with Crippen LogP contribution in [0.3, 0.4) is 0 Å². The number of nitrogens with one attached hydrogen (secondary N) is 1. The molecule has 1 aliphatic rings. The molecule has 1 N–H and O–H groups in total. The minimum absolute atomic E-state index is 0.529. The van der Waals surface area contributed by atoms with E-state index in [1.165, 1.54) is 0 Å². The molecule has 1 saturated heterocycles. The summed E-state index contributed by atoms with van der Waals surface area (Å²) in [7, 11) is 0. The molecule has 0 unspecified atom stereocenters. The van der Waals surface area contributed by atoms with Gasteiger partial charge in [0.25, 0.3) is 0 Å². The minimum atomic E-state index is 0.529. The van der Waals surface area contributed by atoms with E-state index < -0.39 is 0 Å². The molecule has 1 aliphatic heterocycles. The van der Waals surface area contributed by atoms with Gasteiger partial charge in [0.2, 0.25) is 5.95 Å². The topological polar surface area (TPSA) is 45.5 Å². The van der Waals surface area contributed by atoms with Gasteiger partial charge < -0.3 is 10.2 Å². The highest BCUT2D eigenvalue weighted by atomic mass is 79.9. The Morgan fingerprint density at radius 2 is 2.39 bits per heavy atom. The first-order chi connectivity index (χ1) is 8.79. The summed E-state index contributed by atoms with van der Waals surface area (Å²) in [5.74, 6) is 0.829. The van der Waals surface area contributed by atoms with Gasteiger partial charge in [-0.15, -0.1) is 5.10 Å². The lowest BCUT2D eigenvalue weighted by molar-refractivity contribution is 0.408. The predicted molar refractivity (Wildman–Crippen MR) is 75.0 cm³/mol. The fourth-order valence-electron chi connectivity index (χ4n) is 2.16. The number of halogens is 1. The lowest BCUT2D eigenvalue weighted by Crippen LogP contribution is -2.58. The first kappa shape index (κ1) is 11.9. The van der Waals surface area contributed by atoms with Crippen molar-refractivity contribution in [2.24, 2.45) is 0 Å². The molecule has 3 rings (SSSR count). The van der Waals surface area contributed by atoms with Crippen molar-refractivity contribution in [3.8, 4) is 0 Å². The van der Waals surface area contributed by atoms with Gasteiger partial charge >= 0.3 is 0 Å². The molecule has 18 heavy (non-hydrogen) atoms. The zero-order chi connectivity index (χ0) is 12.5. The fraction of sp³-hybridized carbons (Fsp3) is 0.500. The maximum absolute atomic E-state index is 4.64. The van der Waals surface area contributed by atoms with Crippen LogP contribution in [0, 0.1) is 0 Å². The SMILES string of the molecule is CCCN(c1nc2c(Br)cccn2n1)C1CNC1. The fourth-order valence-corrected chi connectivity index (χ4v) is 2.59. The summed E-state index contributed by atoms with van der Waals surface area (Å²) in [6, 6.07) is 4.48. The van der Waals surface area contributed by atoms with Crippen molar-refractivity contribution < 1.29 is 0 Å². The monoisotopic (exact) mass is 309 g/mol. The Bertz CT molecular complexity index is 548. The van der Waals surface area contributed by atoms with Crippen LogP contribution in [0.4, 0.5) is 5.95 Å². The van der Waals surface area contributed by atoms with Crippen molar-refractivity contribution in [1.82, 2.24) is 19.9 Å². The minimum Gasteiger partial charge on any atom is -0.334 e. The van der Waals surface area contributed by atoms with E-state index in [1.54, 1.807) is 0 Å². The van der Waals surface area contributed by atoms with Crippen molar-refractivity contribution in [1.29, 1.82) is 0 Å². The van der Waals surface area contributed by atoms with Crippen molar-refractivity contribution in [2.75, 3.05) is 24.5 Å². The molecule has 2 aromatic rings. The number of hydrogen-bond donors (Lipinski definition) is 1. The third-order valence-corrected chi connectivity index (χ3v) is 3.84. The number of fused-ring (bicyclic) bond motifs is 1. The molecule has 0 atom stereocenters. The second-order valence-corrected chi connectivity index (χ2v) is 5.40. The van der Waals surface area contributed by atoms with E-state index in [2.05, 4.69) is 43.2 Å². The molecule has 6 heteroatoms. The van der Waals surface area contributed by atoms with Crippen LogP contribution < -0.4 is 10.2 Å². The number of pyridine rings is 1. The van der Waals surface area contributed by atoms with Crippen LogP contribution >= 0.6 is 15.9 Å². The van der Waals surface area contributed by atoms with Crippen LogP contribution in [0.5, 0.6) is 0 Å². The van der Waals surface area contributed by atoms with Crippen molar-refractivity contribution >= 4 is 27.5 Å². The highest BCUT2D eigenvalue weighted by molar-refractivity contribution is 9.10. The van der Waals surface area contributed by atoms with Gasteiger partial charge in [0, 0.05) is 25.8 Å². The van der Waals surface area contributed by atoms with Gasteiger partial charge in [0.1, 0.15) is 0 Å². The number of rotatable bonds is 4. The van der Waals surface area contributed by atoms with E-state index in [0.717, 1.165) is 42.1 Å². The molecule has 0 aromatic carbocycles. The summed E-state index contributed by atoms with van der Waals surface area (Å²) in [5, 5.41) is 7.87. The zero-order valence-electron chi connectivity index (χ0n) is 10.3. The summed E-state index contributed by atoms with van der Waals surface area (Å²) in [5.41, 5.74) is 0.876. The lowest BCUT2D eigenvalue weighted by atomic mass is 10.1. The van der Waals surface area contributed by atoms with E-state index in [-0.39, 0.29) is 0 Å². The summed E-state index contributed by atoms with van der Waals surface area (Å²) < 4.78 is 2.81. The predicted octanol–water partition coefficient (Wildman–Crippen LogP) is 1.68. The quantitative estimate of drug-likeness (QED) is 0.933. The van der Waals surface area contributed by atoms with Crippen LogP contribution in [0.2, 0.25) is 0 Å². The van der Waals surface area contributed by atoms with Gasteiger partial charge in [-0.1, -0.05) is 6.92 Å². The Balaban J connectivity index is 1.98. The third-order valence-electron chi connectivity index (χ3n) is 3.23. The summed E-state index contributed by atoms with van der Waals surface area (Å²) >= 11 is 3.51. The zero-order valence-corrected chi connectivity index (χ0v) is 11.9. The molecule has 0 radical (unpaired) electrons. The number of aromatic nitrogens is 3. The van der Waals surface area contributed by atoms with Gasteiger partial charge in [0.15, 0.2) is 5.65 Å². The van der Waals surface area contributed by atoms with Gasteiger partial charge in [-0.25, -0.2) is 4.52 Å². The van der Waals surface area contributed by atoms with E-state index in [4.69, 9.17) is 0 Å². The molecule has 0 saturated carbocycles. The normalized spacial score (nSPS) is 15.9. The molecule has 3 heterocycles. The van der Waals surface area contributed by atoms with Crippen LogP contribution in [-0.4, -0.2) is 40.3 Å². The Morgan fingerprint density at radius 3 is 3.00 bits per heavy atom. The first-order valence-electron chi connectivity index (χ1n) is 6.28. The van der Waals surface area contributed by atoms with Gasteiger partial charge in [-0.05, 0) is 34.5 Å². The maximum atomic E-state index is 4.64. The second-order valence-electron chi connectivity index (χ2n) is 4.54. The highest BCUT2D eigenvalue weighted by Crippen LogP contribution is 2.21. The number of anilines is 1. The molecule has 0 aliphatic carbocycles. The van der Waals surface area contributed by atoms with E-state index in [1.807, 2.05) is 22.8 Å². The van der Waals surface area contributed by atoms with Crippen LogP contribution in [-0.2, 0) is 0 Å². The van der Waals surface area contributed by atoms with E-state index >= 15 is 0 Å². The number of nitrogens with zero attached hydrogens (tertiary/aromatic N) is 4. The lowest BCUT2D eigenvalue weighted by Gasteiger charge is -2.37. The van der Waals surface area contributed by atoms with Crippen molar-refractivity contribution in [3.05, 3.63) is 22.8 Å². The Hall–Kier alpha value is -1.14. The first-order valence-corrected chi connectivity index (χ1v) is 7.07. The Labute approximate surface area is 114 Å². The Kier molecular flexibility index (Phi) is 3.22. The largest absolute Gasteiger partial charge is 0.334 e. The van der Waals surface area contributed by atoms with Gasteiger partial charge in [-0.3, -0.25) is 0 Å². The average molecular weight is 310 g/mol. The van der Waals surface area contributed by atoms with Gasteiger partial charge in [0.05, 0.1) is 10.5 Å². The molecular weight excluding hydrogens is 294 g/mol. The van der Waals surface area contributed by atoms with E-state index in [0.29, 0.717) is 6.04 Å². The molecule has 5 nitrogen and oxygen atoms in total. The average Bonchev–Trinajstić information content (AvgIpc) is 2.71. The smallest absolute Gasteiger partial charge is 0.246 e. The molecule has 2 aromatic heterocycles. The maximum Gasteiger partial charge on any atom is 0.246 e. The molecule has 0 spiro atoms. The summed E-state index contributed by atoms with van der Waals surface area (Å²) in [4.78, 5) is 6.94. The molecule has 1 fully saturated rings. The third kappa shape index (κ3) is 1.99. The molecule has 0 amide bonds. The number of hydrogen-bond acceptors (Lipinski definition) is 4. The van der Waals surface area contributed by atoms with Gasteiger partial charge in [-0.2, -0.15) is 4.98 Å². The standard InChI is InChI=1S/C12H16BrN5/c1-2-5-17(9-7-14-8-9)12-15-11-10(13)4-3-6-18(11)16-12/h3-4,6,9,14H,2,5,7-8H2,1H3. The van der Waals surface area contributed by atoms with Crippen LogP contribution in [0.15, 0.2) is 22.8 Å².